The number of thiazole rings is 1. The zero-order valence-electron chi connectivity index (χ0n) is 12.4. The first-order valence-electron chi connectivity index (χ1n) is 6.45. The van der Waals surface area contributed by atoms with Gasteiger partial charge in [-0.15, -0.1) is 11.3 Å². The van der Waals surface area contributed by atoms with Crippen LogP contribution in [-0.4, -0.2) is 33.9 Å². The smallest absolute Gasteiger partial charge is 0.326 e. The molecule has 1 aromatic rings. The number of aliphatic carboxylic acids is 1. The number of aromatic nitrogens is 1. The lowest BCUT2D eigenvalue weighted by atomic mass is 9.96. The fraction of sp³-hybridized carbons (Fsp3) is 0.538. The van der Waals surface area contributed by atoms with Gasteiger partial charge in [0.05, 0.1) is 0 Å². The third-order valence-corrected chi connectivity index (χ3v) is 3.41. The van der Waals surface area contributed by atoms with E-state index >= 15 is 0 Å². The molecule has 0 saturated carbocycles. The molecule has 0 aliphatic carbocycles. The Morgan fingerprint density at radius 2 is 2.00 bits per heavy atom. The van der Waals surface area contributed by atoms with Crippen molar-refractivity contribution in [3.63, 3.8) is 0 Å². The van der Waals surface area contributed by atoms with Crippen LogP contribution in [-0.2, 0) is 9.59 Å². The molecule has 0 aliphatic rings. The number of anilines is 1. The van der Waals surface area contributed by atoms with Gasteiger partial charge < -0.3 is 15.7 Å². The van der Waals surface area contributed by atoms with Gasteiger partial charge in [0.15, 0.2) is 5.13 Å². The van der Waals surface area contributed by atoms with Gasteiger partial charge in [-0.05, 0) is 6.42 Å². The van der Waals surface area contributed by atoms with Crippen molar-refractivity contribution in [2.45, 2.75) is 40.2 Å². The second-order valence-electron chi connectivity index (χ2n) is 5.51. The Balaban J connectivity index is 2.73. The Hall–Kier alpha value is -1.96. The highest BCUT2D eigenvalue weighted by Crippen LogP contribution is 2.20. The van der Waals surface area contributed by atoms with Crippen LogP contribution in [0.4, 0.5) is 5.13 Å². The van der Waals surface area contributed by atoms with Crippen LogP contribution in [0.25, 0.3) is 0 Å². The van der Waals surface area contributed by atoms with Gasteiger partial charge in [-0.2, -0.15) is 0 Å². The number of carboxylic acid groups (broad SMARTS) is 1. The lowest BCUT2D eigenvalue weighted by Crippen LogP contribution is -2.40. The molecule has 0 aromatic carbocycles. The van der Waals surface area contributed by atoms with Crippen molar-refractivity contribution in [1.82, 2.24) is 10.3 Å². The summed E-state index contributed by atoms with van der Waals surface area (Å²) in [5.74, 6) is -1.88. The molecule has 1 aromatic heterocycles. The number of carboxylic acids is 1. The predicted molar refractivity (Wildman–Crippen MR) is 79.4 cm³/mol. The highest BCUT2D eigenvalue weighted by atomic mass is 32.1. The van der Waals surface area contributed by atoms with Gasteiger partial charge in [0.2, 0.25) is 5.91 Å². The van der Waals surface area contributed by atoms with Crippen molar-refractivity contribution in [2.24, 2.45) is 5.41 Å². The highest BCUT2D eigenvalue weighted by molar-refractivity contribution is 7.14. The maximum Gasteiger partial charge on any atom is 0.326 e. The van der Waals surface area contributed by atoms with Crippen LogP contribution < -0.4 is 10.6 Å². The average Bonchev–Trinajstić information content (AvgIpc) is 2.82. The van der Waals surface area contributed by atoms with Crippen molar-refractivity contribution in [3.8, 4) is 0 Å². The van der Waals surface area contributed by atoms with E-state index in [1.54, 1.807) is 27.7 Å². The Kier molecular flexibility index (Phi) is 5.42. The molecule has 0 spiro atoms. The van der Waals surface area contributed by atoms with E-state index in [9.17, 15) is 14.4 Å². The number of hydrogen-bond donors (Lipinski definition) is 3. The van der Waals surface area contributed by atoms with Crippen LogP contribution in [0.15, 0.2) is 5.38 Å². The number of carbonyl (C=O) groups excluding carboxylic acids is 2. The molecule has 1 rings (SSSR count). The minimum Gasteiger partial charge on any atom is -0.480 e. The molecule has 0 fully saturated rings. The third-order valence-electron chi connectivity index (χ3n) is 2.65. The summed E-state index contributed by atoms with van der Waals surface area (Å²) in [5.41, 5.74) is -0.478. The van der Waals surface area contributed by atoms with Gasteiger partial charge in [-0.1, -0.05) is 27.7 Å². The van der Waals surface area contributed by atoms with Crippen LogP contribution in [0.1, 0.15) is 44.6 Å². The van der Waals surface area contributed by atoms with E-state index in [0.29, 0.717) is 5.13 Å². The van der Waals surface area contributed by atoms with E-state index in [4.69, 9.17) is 5.11 Å². The van der Waals surface area contributed by atoms with Crippen LogP contribution in [0.5, 0.6) is 0 Å². The Morgan fingerprint density at radius 1 is 1.38 bits per heavy atom. The molecule has 0 aliphatic heterocycles. The standard InChI is InChI=1S/C13H19N3O4S/c1-5-7(10(18)19)14-9(17)8-6-21-12(15-8)16-11(20)13(2,3)4/h6-7H,5H2,1-4H3,(H,14,17)(H,18,19)(H,15,16,20). The fourth-order valence-corrected chi connectivity index (χ4v) is 1.98. The summed E-state index contributed by atoms with van der Waals surface area (Å²) in [6.45, 7) is 6.96. The van der Waals surface area contributed by atoms with Crippen molar-refractivity contribution in [1.29, 1.82) is 0 Å². The second-order valence-corrected chi connectivity index (χ2v) is 6.37. The third kappa shape index (κ3) is 4.82. The summed E-state index contributed by atoms with van der Waals surface area (Å²) >= 11 is 1.11. The molecular weight excluding hydrogens is 294 g/mol. The Morgan fingerprint density at radius 3 is 2.48 bits per heavy atom. The monoisotopic (exact) mass is 313 g/mol. The van der Waals surface area contributed by atoms with Crippen LogP contribution in [0.2, 0.25) is 0 Å². The Labute approximate surface area is 126 Å². The lowest BCUT2D eigenvalue weighted by molar-refractivity contribution is -0.139. The summed E-state index contributed by atoms with van der Waals surface area (Å²) < 4.78 is 0. The second kappa shape index (κ2) is 6.66. The van der Waals surface area contributed by atoms with Crippen LogP contribution in [0.3, 0.4) is 0 Å². The van der Waals surface area contributed by atoms with Gasteiger partial charge >= 0.3 is 5.97 Å². The number of nitrogens with one attached hydrogen (secondary N) is 2. The van der Waals surface area contributed by atoms with E-state index < -0.39 is 23.3 Å². The van der Waals surface area contributed by atoms with Crippen LogP contribution >= 0.6 is 11.3 Å². The molecule has 2 amide bonds. The molecule has 7 nitrogen and oxygen atoms in total. The molecule has 21 heavy (non-hydrogen) atoms. The Bertz CT molecular complexity index is 548. The number of hydrogen-bond acceptors (Lipinski definition) is 5. The first-order valence-corrected chi connectivity index (χ1v) is 7.33. The summed E-state index contributed by atoms with van der Waals surface area (Å²) in [5, 5.41) is 15.7. The SMILES string of the molecule is CCC(NC(=O)c1csc(NC(=O)C(C)(C)C)n1)C(=O)O. The molecule has 0 bridgehead atoms. The summed E-state index contributed by atoms with van der Waals surface area (Å²) in [4.78, 5) is 38.5. The van der Waals surface area contributed by atoms with Gasteiger partial charge in [-0.3, -0.25) is 9.59 Å². The predicted octanol–water partition coefficient (Wildman–Crippen LogP) is 1.72. The van der Waals surface area contributed by atoms with Gasteiger partial charge in [0.25, 0.3) is 5.91 Å². The topological polar surface area (TPSA) is 108 Å². The van der Waals surface area contributed by atoms with Crippen molar-refractivity contribution in [3.05, 3.63) is 11.1 Å². The van der Waals surface area contributed by atoms with E-state index in [2.05, 4.69) is 15.6 Å². The fourth-order valence-electron chi connectivity index (χ4n) is 1.29. The number of amides is 2. The maximum atomic E-state index is 11.9. The zero-order valence-corrected chi connectivity index (χ0v) is 13.2. The van der Waals surface area contributed by atoms with E-state index in [1.165, 1.54) is 5.38 Å². The summed E-state index contributed by atoms with van der Waals surface area (Å²) in [6, 6.07) is -0.952. The number of rotatable bonds is 5. The largest absolute Gasteiger partial charge is 0.480 e. The van der Waals surface area contributed by atoms with Gasteiger partial charge in [-0.25, -0.2) is 9.78 Å². The molecule has 1 unspecified atom stereocenters. The number of carbonyl (C=O) groups is 3. The normalized spacial score (nSPS) is 12.6. The molecule has 0 radical (unpaired) electrons. The molecule has 1 heterocycles. The van der Waals surface area contributed by atoms with Crippen LogP contribution in [0, 0.1) is 5.41 Å². The van der Waals surface area contributed by atoms with E-state index in [1.807, 2.05) is 0 Å². The van der Waals surface area contributed by atoms with Gasteiger partial charge in [0.1, 0.15) is 11.7 Å². The molecule has 1 atom stereocenters. The molecule has 8 heteroatoms. The highest BCUT2D eigenvalue weighted by Gasteiger charge is 2.24. The quantitative estimate of drug-likeness (QED) is 0.767. The van der Waals surface area contributed by atoms with E-state index in [-0.39, 0.29) is 18.0 Å². The molecule has 116 valence electrons. The first-order chi connectivity index (χ1) is 9.65. The number of nitrogens with zero attached hydrogens (tertiary/aromatic N) is 1. The van der Waals surface area contributed by atoms with Crippen molar-refractivity contribution < 1.29 is 19.5 Å². The van der Waals surface area contributed by atoms with Gasteiger partial charge in [0, 0.05) is 10.8 Å². The maximum absolute atomic E-state index is 11.9. The molecule has 0 saturated heterocycles. The van der Waals surface area contributed by atoms with Crippen molar-refractivity contribution >= 4 is 34.3 Å². The average molecular weight is 313 g/mol. The van der Waals surface area contributed by atoms with E-state index in [0.717, 1.165) is 11.3 Å². The zero-order chi connectivity index (χ0) is 16.2. The summed E-state index contributed by atoms with van der Waals surface area (Å²) in [6.07, 6.45) is 0.277. The molecular formula is C13H19N3O4S. The first kappa shape index (κ1) is 17.1. The molecule has 3 N–H and O–H groups in total. The lowest BCUT2D eigenvalue weighted by Gasteiger charge is -2.15. The minimum atomic E-state index is -1.10. The van der Waals surface area contributed by atoms with Crippen molar-refractivity contribution in [2.75, 3.05) is 5.32 Å². The summed E-state index contributed by atoms with van der Waals surface area (Å²) in [7, 11) is 0. The minimum absolute atomic E-state index is 0.0870.